The molecule has 46 heavy (non-hydrogen) atoms. The molecule has 4 aliphatic rings. The number of rotatable bonds is 3. The van der Waals surface area contributed by atoms with Crippen LogP contribution in [0.2, 0.25) is 0 Å². The van der Waals surface area contributed by atoms with Gasteiger partial charge in [0, 0.05) is 47.6 Å². The Bertz CT molecular complexity index is 1870. The number of amides is 2. The number of nitrogens with one attached hydrogen (secondary N) is 1. The Hall–Kier alpha value is -3.79. The van der Waals surface area contributed by atoms with E-state index in [1.54, 1.807) is 6.07 Å². The predicted octanol–water partition coefficient (Wildman–Crippen LogP) is 6.26. The van der Waals surface area contributed by atoms with E-state index < -0.39 is 11.2 Å². The van der Waals surface area contributed by atoms with Gasteiger partial charge >= 0.3 is 0 Å². The molecule has 2 aliphatic heterocycles. The summed E-state index contributed by atoms with van der Waals surface area (Å²) in [5.41, 5.74) is 9.81. The number of halogens is 1. The number of benzene rings is 1. The number of hydrogen-bond acceptors (Lipinski definition) is 5. The molecule has 0 spiro atoms. The van der Waals surface area contributed by atoms with Gasteiger partial charge < -0.3 is 25.1 Å². The Morgan fingerprint density at radius 1 is 1.04 bits per heavy atom. The summed E-state index contributed by atoms with van der Waals surface area (Å²) in [7, 11) is 0. The summed E-state index contributed by atoms with van der Waals surface area (Å²) in [4.78, 5) is 38.9. The van der Waals surface area contributed by atoms with Crippen LogP contribution >= 0.6 is 0 Å². The molecule has 1 saturated heterocycles. The number of hydrogen-bond donors (Lipinski definition) is 2. The summed E-state index contributed by atoms with van der Waals surface area (Å²) >= 11 is 0. The number of carbonyl (C=O) groups excluding carboxylic acids is 2. The molecule has 0 unspecified atom stereocenters. The Labute approximate surface area is 268 Å². The average Bonchev–Trinajstić information content (AvgIpc) is 3.49. The first kappa shape index (κ1) is 29.6. The van der Waals surface area contributed by atoms with Crippen LogP contribution in [0.25, 0.3) is 33.6 Å². The van der Waals surface area contributed by atoms with Gasteiger partial charge in [-0.1, -0.05) is 26.7 Å². The number of nitrogens with two attached hydrogens (primary N) is 1. The summed E-state index contributed by atoms with van der Waals surface area (Å²) in [6.07, 6.45) is 8.52. The molecule has 4 bridgehead atoms. The van der Waals surface area contributed by atoms with Gasteiger partial charge in [0.15, 0.2) is 5.82 Å². The largest absolute Gasteiger partial charge is 0.348 e. The fraction of sp³-hybridized carbons (Fsp3) is 0.556. The van der Waals surface area contributed by atoms with Crippen LogP contribution in [0.4, 0.5) is 4.39 Å². The van der Waals surface area contributed by atoms with Gasteiger partial charge in [-0.3, -0.25) is 9.59 Å². The maximum Gasteiger partial charge on any atom is 0.254 e. The zero-order valence-electron chi connectivity index (χ0n) is 27.1. The van der Waals surface area contributed by atoms with Crippen molar-refractivity contribution in [1.82, 2.24) is 29.3 Å². The van der Waals surface area contributed by atoms with E-state index in [2.05, 4.69) is 26.6 Å². The summed E-state index contributed by atoms with van der Waals surface area (Å²) < 4.78 is 20.5. The predicted molar refractivity (Wildman–Crippen MR) is 176 cm³/mol. The van der Waals surface area contributed by atoms with E-state index in [4.69, 9.17) is 15.7 Å². The third-order valence-electron chi connectivity index (χ3n) is 11.1. The van der Waals surface area contributed by atoms with Gasteiger partial charge in [-0.2, -0.15) is 0 Å². The van der Waals surface area contributed by atoms with Crippen LogP contribution in [0.15, 0.2) is 30.3 Å². The molecule has 242 valence electrons. The third kappa shape index (κ3) is 4.91. The lowest BCUT2D eigenvalue weighted by Crippen LogP contribution is -2.51. The Morgan fingerprint density at radius 2 is 1.85 bits per heavy atom. The van der Waals surface area contributed by atoms with Crippen LogP contribution in [0.3, 0.4) is 0 Å². The van der Waals surface area contributed by atoms with E-state index >= 15 is 4.39 Å². The normalized spacial score (nSPS) is 26.6. The fourth-order valence-electron chi connectivity index (χ4n) is 8.17. The number of pyridine rings is 1. The van der Waals surface area contributed by atoms with Crippen LogP contribution in [0.5, 0.6) is 0 Å². The van der Waals surface area contributed by atoms with Crippen molar-refractivity contribution in [3.63, 3.8) is 0 Å². The van der Waals surface area contributed by atoms with Gasteiger partial charge in [-0.25, -0.2) is 14.4 Å². The second-order valence-corrected chi connectivity index (χ2v) is 14.9. The van der Waals surface area contributed by atoms with E-state index in [0.717, 1.165) is 86.8 Å². The fourth-order valence-corrected chi connectivity index (χ4v) is 8.17. The van der Waals surface area contributed by atoms with Crippen molar-refractivity contribution >= 4 is 33.9 Å². The Morgan fingerprint density at radius 3 is 2.65 bits per heavy atom. The minimum absolute atomic E-state index is 0.0304. The molecule has 3 fully saturated rings. The summed E-state index contributed by atoms with van der Waals surface area (Å²) in [6.45, 7) is 7.26. The molecular formula is C36H44FN7O2. The molecule has 8 rings (SSSR count). The highest BCUT2D eigenvalue weighted by atomic mass is 19.1. The number of imidazole rings is 1. The SMILES string of the molecule is C[C@H]1NC(=O)C(C)(C)CCCCCn2c(-c3nc4cc(C(=O)N5C[C@H](N)[C@@H]6CC[C@H]5C6)cc(F)c4n3C3CC3)cc3ccc1nc32. The number of aryl methyl sites for hydroxylation is 1. The lowest BCUT2D eigenvalue weighted by molar-refractivity contribution is -0.130. The maximum atomic E-state index is 16.2. The van der Waals surface area contributed by atoms with Crippen molar-refractivity contribution in [3.05, 3.63) is 47.4 Å². The molecule has 2 aliphatic carbocycles. The number of nitrogens with zero attached hydrogens (tertiary/aromatic N) is 5. The van der Waals surface area contributed by atoms with Gasteiger partial charge in [0.25, 0.3) is 5.91 Å². The van der Waals surface area contributed by atoms with E-state index in [0.29, 0.717) is 34.9 Å². The second-order valence-electron chi connectivity index (χ2n) is 14.9. The van der Waals surface area contributed by atoms with Crippen molar-refractivity contribution in [1.29, 1.82) is 0 Å². The molecule has 3 N–H and O–H groups in total. The quantitative estimate of drug-likeness (QED) is 0.279. The van der Waals surface area contributed by atoms with E-state index in [9.17, 15) is 9.59 Å². The standard InChI is InChI=1S/C36H44FN7O2/c1-20-28-12-8-22-18-30(42(32(22)40-28)14-6-4-5-13-36(2,3)35(46)39-20)33-41-29-17-23(16-26(37)31(29)44(33)24-10-11-24)34(45)43-19-27(38)21-7-9-25(43)15-21/h8,12,16-18,20-21,24-25,27H,4-7,9-11,13-15,19,38H2,1-3H3,(H,39,46)/t20-,21-,25+,27+/m1/s1. The average molecular weight is 626 g/mol. The first-order valence-electron chi connectivity index (χ1n) is 17.2. The lowest BCUT2D eigenvalue weighted by atomic mass is 9.85. The molecule has 0 radical (unpaired) electrons. The highest BCUT2D eigenvalue weighted by Gasteiger charge is 2.41. The van der Waals surface area contributed by atoms with Crippen molar-refractivity contribution < 1.29 is 14.0 Å². The highest BCUT2D eigenvalue weighted by Crippen LogP contribution is 2.44. The van der Waals surface area contributed by atoms with E-state index in [1.807, 2.05) is 31.7 Å². The van der Waals surface area contributed by atoms with Gasteiger partial charge in [-0.15, -0.1) is 0 Å². The molecule has 3 aromatic heterocycles. The van der Waals surface area contributed by atoms with Crippen molar-refractivity contribution in [2.45, 2.75) is 109 Å². The molecule has 2 amide bonds. The van der Waals surface area contributed by atoms with Crippen LogP contribution in [0, 0.1) is 17.2 Å². The van der Waals surface area contributed by atoms with Crippen molar-refractivity contribution in [2.24, 2.45) is 17.1 Å². The van der Waals surface area contributed by atoms with Crippen LogP contribution in [-0.2, 0) is 11.3 Å². The minimum atomic E-state index is -0.452. The zero-order chi connectivity index (χ0) is 31.9. The van der Waals surface area contributed by atoms with Crippen LogP contribution in [-0.4, -0.2) is 54.4 Å². The molecule has 2 saturated carbocycles. The molecule has 4 aromatic rings. The van der Waals surface area contributed by atoms with Crippen molar-refractivity contribution in [3.8, 4) is 11.5 Å². The summed E-state index contributed by atoms with van der Waals surface area (Å²) in [6, 6.07) is 9.40. The number of piperidine rings is 1. The third-order valence-corrected chi connectivity index (χ3v) is 11.1. The number of aromatic nitrogens is 4. The lowest BCUT2D eigenvalue weighted by Gasteiger charge is -2.37. The highest BCUT2D eigenvalue weighted by molar-refractivity contribution is 5.98. The minimum Gasteiger partial charge on any atom is -0.348 e. The van der Waals surface area contributed by atoms with Gasteiger partial charge in [0.05, 0.1) is 22.9 Å². The van der Waals surface area contributed by atoms with E-state index in [1.165, 1.54) is 6.07 Å². The molecule has 9 nitrogen and oxygen atoms in total. The molecular weight excluding hydrogens is 581 g/mol. The monoisotopic (exact) mass is 625 g/mol. The first-order valence-corrected chi connectivity index (χ1v) is 17.2. The summed E-state index contributed by atoms with van der Waals surface area (Å²) in [5.74, 6) is 0.669. The number of likely N-dealkylation sites (tertiary alicyclic amines) is 1. The zero-order valence-corrected chi connectivity index (χ0v) is 27.1. The van der Waals surface area contributed by atoms with Crippen molar-refractivity contribution in [2.75, 3.05) is 6.54 Å². The maximum absolute atomic E-state index is 16.2. The van der Waals surface area contributed by atoms with Gasteiger partial charge in [0.2, 0.25) is 5.91 Å². The molecule has 5 heterocycles. The smallest absolute Gasteiger partial charge is 0.254 e. The second kappa shape index (κ2) is 10.9. The number of fused-ring (bicyclic) bond motifs is 4. The van der Waals surface area contributed by atoms with Gasteiger partial charge in [0.1, 0.15) is 17.0 Å². The molecule has 10 heteroatoms. The Kier molecular flexibility index (Phi) is 7.01. The van der Waals surface area contributed by atoms with E-state index in [-0.39, 0.29) is 36.0 Å². The topological polar surface area (TPSA) is 111 Å². The van der Waals surface area contributed by atoms with Crippen LogP contribution in [0.1, 0.15) is 107 Å². The summed E-state index contributed by atoms with van der Waals surface area (Å²) in [5, 5.41) is 4.17. The first-order chi connectivity index (χ1) is 22.1. The van der Waals surface area contributed by atoms with Gasteiger partial charge in [-0.05, 0) is 88.1 Å². The Balaban J connectivity index is 1.22. The molecule has 1 aromatic carbocycles. The molecule has 4 atom stereocenters. The number of carbonyl (C=O) groups is 2. The van der Waals surface area contributed by atoms with Crippen LogP contribution < -0.4 is 11.1 Å².